The monoisotopic (exact) mass is 517 g/mol. The molecule has 4 heteroatoms. The molecule has 11 atom stereocenters. The van der Waals surface area contributed by atoms with Crippen LogP contribution in [-0.2, 0) is 9.47 Å². The van der Waals surface area contributed by atoms with Crippen molar-refractivity contribution in [2.75, 3.05) is 6.54 Å². The van der Waals surface area contributed by atoms with Crippen molar-refractivity contribution in [1.82, 2.24) is 5.32 Å². The van der Waals surface area contributed by atoms with Gasteiger partial charge in [0.05, 0.1) is 11.7 Å². The summed E-state index contributed by atoms with van der Waals surface area (Å²) >= 11 is 0. The molecule has 2 saturated heterocycles. The minimum atomic E-state index is -0.173. The zero-order valence-electron chi connectivity index (χ0n) is 23.9. The number of hydrogen-bond acceptors (Lipinski definition) is 4. The van der Waals surface area contributed by atoms with E-state index in [4.69, 9.17) is 9.47 Å². The standard InChI is InChI=1S/C34H47NO3/c1-21-12-17-34(35-20-21)22(2)30-29(38-34)19-28-26-11-10-24-18-25(37-31(36)23-8-6-5-7-9-23)13-15-32(24,3)27(26)14-16-33(28,30)4/h5-10,21-22,25-30,35H,11-20H2,1-4H3/t21-,22+,25-,26+,27-,28-,29-,30-,32-,33-,34+/m0/s1. The molecule has 1 aromatic carbocycles. The molecule has 1 aromatic rings. The topological polar surface area (TPSA) is 47.6 Å². The molecule has 7 rings (SSSR count). The summed E-state index contributed by atoms with van der Waals surface area (Å²) in [5, 5.41) is 3.90. The predicted molar refractivity (Wildman–Crippen MR) is 149 cm³/mol. The minimum Gasteiger partial charge on any atom is -0.458 e. The highest BCUT2D eigenvalue weighted by Gasteiger charge is 2.68. The van der Waals surface area contributed by atoms with Crippen LogP contribution in [0.5, 0.6) is 0 Å². The number of ether oxygens (including phenoxy) is 2. The van der Waals surface area contributed by atoms with Crippen molar-refractivity contribution < 1.29 is 14.3 Å². The molecule has 1 N–H and O–H groups in total. The number of fused-ring (bicyclic) bond motifs is 7. The molecule has 38 heavy (non-hydrogen) atoms. The van der Waals surface area contributed by atoms with E-state index in [-0.39, 0.29) is 23.2 Å². The van der Waals surface area contributed by atoms with Crippen molar-refractivity contribution in [3.8, 4) is 0 Å². The maximum Gasteiger partial charge on any atom is 0.338 e. The second-order valence-corrected chi connectivity index (χ2v) is 14.6. The van der Waals surface area contributed by atoms with E-state index in [1.807, 2.05) is 30.3 Å². The van der Waals surface area contributed by atoms with Gasteiger partial charge in [0, 0.05) is 18.9 Å². The molecule has 2 heterocycles. The number of rotatable bonds is 2. The summed E-state index contributed by atoms with van der Waals surface area (Å²) in [7, 11) is 0. The molecule has 0 radical (unpaired) electrons. The van der Waals surface area contributed by atoms with E-state index < -0.39 is 0 Å². The van der Waals surface area contributed by atoms with Gasteiger partial charge < -0.3 is 9.47 Å². The Hall–Kier alpha value is -1.65. The average Bonchev–Trinajstić information content (AvgIpc) is 3.36. The summed E-state index contributed by atoms with van der Waals surface area (Å²) < 4.78 is 13.1. The van der Waals surface area contributed by atoms with E-state index in [0.29, 0.717) is 28.9 Å². The fourth-order valence-electron chi connectivity index (χ4n) is 10.7. The quantitative estimate of drug-likeness (QED) is 0.334. The first-order valence-electron chi connectivity index (χ1n) is 15.6. The van der Waals surface area contributed by atoms with E-state index in [9.17, 15) is 4.79 Å². The van der Waals surface area contributed by atoms with Gasteiger partial charge in [0.1, 0.15) is 11.8 Å². The van der Waals surface area contributed by atoms with Gasteiger partial charge in [-0.05, 0) is 104 Å². The van der Waals surface area contributed by atoms with Crippen LogP contribution >= 0.6 is 0 Å². The number of hydrogen-bond donors (Lipinski definition) is 1. The molecule has 206 valence electrons. The van der Waals surface area contributed by atoms with Crippen LogP contribution in [0.4, 0.5) is 0 Å². The fourth-order valence-corrected chi connectivity index (χ4v) is 10.7. The number of piperidine rings is 1. The van der Waals surface area contributed by atoms with Crippen LogP contribution in [0.3, 0.4) is 0 Å². The zero-order chi connectivity index (χ0) is 26.3. The number of carbonyl (C=O) groups excluding carboxylic acids is 1. The second kappa shape index (κ2) is 8.93. The van der Waals surface area contributed by atoms with E-state index in [0.717, 1.165) is 49.5 Å². The normalized spacial score (nSPS) is 49.4. The molecule has 1 spiro atoms. The summed E-state index contributed by atoms with van der Waals surface area (Å²) in [4.78, 5) is 12.7. The molecule has 3 saturated carbocycles. The van der Waals surface area contributed by atoms with Gasteiger partial charge in [-0.3, -0.25) is 5.32 Å². The predicted octanol–water partition coefficient (Wildman–Crippen LogP) is 7.15. The second-order valence-electron chi connectivity index (χ2n) is 14.6. The smallest absolute Gasteiger partial charge is 0.338 e. The Kier molecular flexibility index (Phi) is 5.95. The van der Waals surface area contributed by atoms with Gasteiger partial charge in [-0.1, -0.05) is 57.5 Å². The van der Waals surface area contributed by atoms with Gasteiger partial charge in [-0.2, -0.15) is 0 Å². The van der Waals surface area contributed by atoms with Crippen LogP contribution in [-0.4, -0.2) is 30.4 Å². The lowest BCUT2D eigenvalue weighted by Gasteiger charge is -2.58. The summed E-state index contributed by atoms with van der Waals surface area (Å²) in [6.45, 7) is 11.2. The van der Waals surface area contributed by atoms with Crippen LogP contribution in [0.25, 0.3) is 0 Å². The first-order valence-corrected chi connectivity index (χ1v) is 15.6. The van der Waals surface area contributed by atoms with Crippen LogP contribution in [0.1, 0.15) is 95.8 Å². The highest BCUT2D eigenvalue weighted by atomic mass is 16.5. The Morgan fingerprint density at radius 2 is 1.84 bits per heavy atom. The van der Waals surface area contributed by atoms with Crippen molar-refractivity contribution in [2.24, 2.45) is 46.3 Å². The third-order valence-electron chi connectivity index (χ3n) is 12.8. The van der Waals surface area contributed by atoms with E-state index in [1.54, 1.807) is 5.57 Å². The summed E-state index contributed by atoms with van der Waals surface area (Å²) in [5.74, 6) is 4.14. The third kappa shape index (κ3) is 3.65. The molecule has 2 aliphatic heterocycles. The maximum atomic E-state index is 12.7. The Balaban J connectivity index is 1.08. The molecular formula is C34H47NO3. The van der Waals surface area contributed by atoms with Gasteiger partial charge in [0.2, 0.25) is 0 Å². The van der Waals surface area contributed by atoms with E-state index in [2.05, 4.69) is 39.1 Å². The molecule has 0 bridgehead atoms. The molecule has 0 unspecified atom stereocenters. The Morgan fingerprint density at radius 1 is 1.03 bits per heavy atom. The van der Waals surface area contributed by atoms with Crippen molar-refractivity contribution in [1.29, 1.82) is 0 Å². The molecule has 4 nitrogen and oxygen atoms in total. The van der Waals surface area contributed by atoms with E-state index in [1.165, 1.54) is 38.5 Å². The average molecular weight is 518 g/mol. The molecule has 0 aromatic heterocycles. The zero-order valence-corrected chi connectivity index (χ0v) is 23.9. The number of benzene rings is 1. The number of allylic oxidation sites excluding steroid dienone is 1. The molecule has 4 aliphatic carbocycles. The lowest BCUT2D eigenvalue weighted by molar-refractivity contribution is -0.115. The minimum absolute atomic E-state index is 0.00873. The molecule has 5 fully saturated rings. The van der Waals surface area contributed by atoms with Gasteiger partial charge in [0.25, 0.3) is 0 Å². The van der Waals surface area contributed by atoms with Gasteiger partial charge >= 0.3 is 5.97 Å². The van der Waals surface area contributed by atoms with Crippen LogP contribution in [0.2, 0.25) is 0 Å². The number of esters is 1. The number of carbonyl (C=O) groups is 1. The number of nitrogens with one attached hydrogen (secondary N) is 1. The Labute approximate surface area is 229 Å². The van der Waals surface area contributed by atoms with Crippen molar-refractivity contribution >= 4 is 5.97 Å². The fraction of sp³-hybridized carbons (Fsp3) is 0.735. The first kappa shape index (κ1) is 25.3. The summed E-state index contributed by atoms with van der Waals surface area (Å²) in [6.07, 6.45) is 13.6. The Bertz CT molecular complexity index is 1110. The molecular weight excluding hydrogens is 470 g/mol. The van der Waals surface area contributed by atoms with Crippen LogP contribution in [0, 0.1) is 46.3 Å². The van der Waals surface area contributed by atoms with Gasteiger partial charge in [0.15, 0.2) is 0 Å². The first-order chi connectivity index (χ1) is 18.2. The van der Waals surface area contributed by atoms with Gasteiger partial charge in [-0.15, -0.1) is 0 Å². The van der Waals surface area contributed by atoms with Crippen molar-refractivity contribution in [3.63, 3.8) is 0 Å². The third-order valence-corrected chi connectivity index (χ3v) is 12.8. The van der Waals surface area contributed by atoms with E-state index >= 15 is 0 Å². The van der Waals surface area contributed by atoms with Crippen molar-refractivity contribution in [3.05, 3.63) is 47.5 Å². The highest BCUT2D eigenvalue weighted by molar-refractivity contribution is 5.89. The summed E-state index contributed by atoms with van der Waals surface area (Å²) in [5.41, 5.74) is 2.80. The lowest BCUT2D eigenvalue weighted by Crippen LogP contribution is -2.57. The molecule has 0 amide bonds. The van der Waals surface area contributed by atoms with Crippen LogP contribution < -0.4 is 5.32 Å². The Morgan fingerprint density at radius 3 is 2.61 bits per heavy atom. The summed E-state index contributed by atoms with van der Waals surface area (Å²) in [6, 6.07) is 9.46. The molecule has 6 aliphatic rings. The van der Waals surface area contributed by atoms with Gasteiger partial charge in [-0.25, -0.2) is 4.79 Å². The SMILES string of the molecule is C[C@H]1CC[C@@]2(NC1)O[C@H]1C[C@H]3[C@@H]4CC=C5C[C@@H](OC(=O)c6ccccc6)CC[C@]5(C)[C@H]4CC[C@]3(C)[C@H]1[C@H]2C. The van der Waals surface area contributed by atoms with Crippen LogP contribution in [0.15, 0.2) is 42.0 Å². The lowest BCUT2D eigenvalue weighted by atomic mass is 9.47. The largest absolute Gasteiger partial charge is 0.458 e. The van der Waals surface area contributed by atoms with Crippen molar-refractivity contribution in [2.45, 2.75) is 103 Å². The highest BCUT2D eigenvalue weighted by Crippen LogP contribution is 2.70. The maximum absolute atomic E-state index is 12.7.